The molecule has 0 spiro atoms. The average molecular weight is 416 g/mol. The molecule has 1 aromatic rings. The molecular formula is C23H37N5O2. The van der Waals surface area contributed by atoms with Gasteiger partial charge in [0, 0.05) is 45.8 Å². The molecule has 3 rings (SSSR count). The number of hydrogen-bond acceptors (Lipinski definition) is 4. The molecule has 0 bridgehead atoms. The summed E-state index contributed by atoms with van der Waals surface area (Å²) in [5.41, 5.74) is 1.39. The van der Waals surface area contributed by atoms with E-state index in [-0.39, 0.29) is 12.5 Å². The molecule has 0 radical (unpaired) electrons. The summed E-state index contributed by atoms with van der Waals surface area (Å²) >= 11 is 0. The first-order chi connectivity index (χ1) is 14.7. The Hall–Kier alpha value is -2.12. The van der Waals surface area contributed by atoms with E-state index in [1.165, 1.54) is 5.56 Å². The van der Waals surface area contributed by atoms with Crippen molar-refractivity contribution < 1.29 is 9.53 Å². The summed E-state index contributed by atoms with van der Waals surface area (Å²) in [7, 11) is 0. The Bertz CT molecular complexity index is 653. The Labute approximate surface area is 180 Å². The van der Waals surface area contributed by atoms with Crippen LogP contribution < -0.4 is 10.6 Å². The number of piperidine rings is 1. The molecule has 0 aliphatic carbocycles. The van der Waals surface area contributed by atoms with E-state index in [1.807, 2.05) is 11.8 Å². The normalized spacial score (nSPS) is 19.0. The molecular weight excluding hydrogens is 378 g/mol. The summed E-state index contributed by atoms with van der Waals surface area (Å²) in [6.45, 7) is 10.1. The molecule has 2 heterocycles. The number of hydrogen-bond donors (Lipinski definition) is 2. The fourth-order valence-electron chi connectivity index (χ4n) is 4.08. The van der Waals surface area contributed by atoms with Crippen LogP contribution in [-0.2, 0) is 16.0 Å². The van der Waals surface area contributed by atoms with E-state index in [4.69, 9.17) is 4.74 Å². The predicted octanol–water partition coefficient (Wildman–Crippen LogP) is 1.36. The Morgan fingerprint density at radius 2 is 1.83 bits per heavy atom. The van der Waals surface area contributed by atoms with Gasteiger partial charge >= 0.3 is 0 Å². The summed E-state index contributed by atoms with van der Waals surface area (Å²) in [6.07, 6.45) is 3.25. The quantitative estimate of drug-likeness (QED) is 0.496. The van der Waals surface area contributed by atoms with Crippen LogP contribution >= 0.6 is 0 Å². The largest absolute Gasteiger partial charge is 0.379 e. The maximum Gasteiger partial charge on any atom is 0.244 e. The zero-order chi connectivity index (χ0) is 21.0. The third-order valence-corrected chi connectivity index (χ3v) is 5.88. The SMILES string of the molecule is CCNC(=NCC(=O)N1CCC(Cc2ccccc2)CC1)NCCN1CCOCC1. The van der Waals surface area contributed by atoms with Crippen molar-refractivity contribution in [2.75, 3.05) is 65.6 Å². The molecule has 0 unspecified atom stereocenters. The minimum absolute atomic E-state index is 0.124. The zero-order valence-electron chi connectivity index (χ0n) is 18.3. The maximum atomic E-state index is 12.6. The number of amides is 1. The summed E-state index contributed by atoms with van der Waals surface area (Å²) in [4.78, 5) is 21.5. The van der Waals surface area contributed by atoms with Gasteiger partial charge in [0.05, 0.1) is 13.2 Å². The highest BCUT2D eigenvalue weighted by molar-refractivity contribution is 5.85. The van der Waals surface area contributed by atoms with Gasteiger partial charge < -0.3 is 20.3 Å². The van der Waals surface area contributed by atoms with Crippen LogP contribution in [0.15, 0.2) is 35.3 Å². The van der Waals surface area contributed by atoms with Gasteiger partial charge in [-0.1, -0.05) is 30.3 Å². The van der Waals surface area contributed by atoms with Gasteiger partial charge in [0.25, 0.3) is 0 Å². The smallest absolute Gasteiger partial charge is 0.244 e. The van der Waals surface area contributed by atoms with Crippen LogP contribution in [0.25, 0.3) is 0 Å². The third-order valence-electron chi connectivity index (χ3n) is 5.88. The fourth-order valence-corrected chi connectivity index (χ4v) is 4.08. The van der Waals surface area contributed by atoms with E-state index in [9.17, 15) is 4.79 Å². The molecule has 2 saturated heterocycles. The highest BCUT2D eigenvalue weighted by atomic mass is 16.5. The molecule has 2 aliphatic heterocycles. The van der Waals surface area contributed by atoms with Gasteiger partial charge in [-0.3, -0.25) is 9.69 Å². The van der Waals surface area contributed by atoms with Crippen LogP contribution in [0.2, 0.25) is 0 Å². The van der Waals surface area contributed by atoms with Crippen molar-refractivity contribution >= 4 is 11.9 Å². The topological polar surface area (TPSA) is 69.2 Å². The summed E-state index contributed by atoms with van der Waals surface area (Å²) in [6, 6.07) is 10.7. The predicted molar refractivity (Wildman–Crippen MR) is 121 cm³/mol. The highest BCUT2D eigenvalue weighted by Gasteiger charge is 2.22. The van der Waals surface area contributed by atoms with Crippen molar-refractivity contribution in [1.82, 2.24) is 20.4 Å². The lowest BCUT2D eigenvalue weighted by atomic mass is 9.90. The van der Waals surface area contributed by atoms with Gasteiger partial charge in [0.15, 0.2) is 5.96 Å². The molecule has 166 valence electrons. The van der Waals surface area contributed by atoms with E-state index in [1.54, 1.807) is 0 Å². The van der Waals surface area contributed by atoms with E-state index >= 15 is 0 Å². The first-order valence-electron chi connectivity index (χ1n) is 11.4. The Balaban J connectivity index is 1.38. The molecule has 7 nitrogen and oxygen atoms in total. The molecule has 0 atom stereocenters. The van der Waals surface area contributed by atoms with Crippen LogP contribution in [-0.4, -0.2) is 87.2 Å². The van der Waals surface area contributed by atoms with Crippen molar-refractivity contribution in [3.05, 3.63) is 35.9 Å². The number of carbonyl (C=O) groups is 1. The number of benzene rings is 1. The zero-order valence-corrected chi connectivity index (χ0v) is 18.3. The van der Waals surface area contributed by atoms with Gasteiger partial charge in [0.1, 0.15) is 6.54 Å². The van der Waals surface area contributed by atoms with Gasteiger partial charge in [-0.25, -0.2) is 4.99 Å². The molecule has 2 fully saturated rings. The number of aliphatic imine (C=N–C) groups is 1. The molecule has 1 aromatic carbocycles. The van der Waals surface area contributed by atoms with Gasteiger partial charge in [-0.05, 0) is 37.7 Å². The minimum Gasteiger partial charge on any atom is -0.379 e. The molecule has 0 aromatic heterocycles. The minimum atomic E-state index is 0.124. The molecule has 7 heteroatoms. The van der Waals surface area contributed by atoms with Crippen molar-refractivity contribution in [2.24, 2.45) is 10.9 Å². The summed E-state index contributed by atoms with van der Waals surface area (Å²) in [5.74, 6) is 1.51. The van der Waals surface area contributed by atoms with Crippen LogP contribution in [0.4, 0.5) is 0 Å². The molecule has 2 N–H and O–H groups in total. The molecule has 1 amide bonds. The number of rotatable bonds is 8. The number of morpholine rings is 1. The Kier molecular flexibility index (Phi) is 9.44. The van der Waals surface area contributed by atoms with Gasteiger partial charge in [-0.2, -0.15) is 0 Å². The number of carbonyl (C=O) groups excluding carboxylic acids is 1. The van der Waals surface area contributed by atoms with Crippen molar-refractivity contribution in [1.29, 1.82) is 0 Å². The molecule has 0 saturated carbocycles. The van der Waals surface area contributed by atoms with Crippen LogP contribution in [0.5, 0.6) is 0 Å². The monoisotopic (exact) mass is 415 g/mol. The second-order valence-electron chi connectivity index (χ2n) is 8.09. The fraction of sp³-hybridized carbons (Fsp3) is 0.652. The number of guanidine groups is 1. The van der Waals surface area contributed by atoms with Gasteiger partial charge in [-0.15, -0.1) is 0 Å². The lowest BCUT2D eigenvalue weighted by Gasteiger charge is -2.32. The van der Waals surface area contributed by atoms with E-state index in [0.29, 0.717) is 5.92 Å². The van der Waals surface area contributed by atoms with Crippen molar-refractivity contribution in [2.45, 2.75) is 26.2 Å². The number of likely N-dealkylation sites (tertiary alicyclic amines) is 1. The van der Waals surface area contributed by atoms with Gasteiger partial charge in [0.2, 0.25) is 5.91 Å². The van der Waals surface area contributed by atoms with Crippen molar-refractivity contribution in [3.63, 3.8) is 0 Å². The van der Waals surface area contributed by atoms with Crippen LogP contribution in [0, 0.1) is 5.92 Å². The summed E-state index contributed by atoms with van der Waals surface area (Å²) in [5, 5.41) is 6.58. The second kappa shape index (κ2) is 12.5. The van der Waals surface area contributed by atoms with E-state index in [0.717, 1.165) is 84.2 Å². The highest BCUT2D eigenvalue weighted by Crippen LogP contribution is 2.21. The molecule has 30 heavy (non-hydrogen) atoms. The second-order valence-corrected chi connectivity index (χ2v) is 8.09. The van der Waals surface area contributed by atoms with E-state index < -0.39 is 0 Å². The average Bonchev–Trinajstić information content (AvgIpc) is 2.79. The van der Waals surface area contributed by atoms with Crippen molar-refractivity contribution in [3.8, 4) is 0 Å². The number of nitrogens with one attached hydrogen (secondary N) is 2. The lowest BCUT2D eigenvalue weighted by molar-refractivity contribution is -0.130. The Morgan fingerprint density at radius 3 is 2.53 bits per heavy atom. The van der Waals surface area contributed by atoms with Crippen LogP contribution in [0.1, 0.15) is 25.3 Å². The van der Waals surface area contributed by atoms with E-state index in [2.05, 4.69) is 50.9 Å². The third kappa shape index (κ3) is 7.61. The first-order valence-corrected chi connectivity index (χ1v) is 11.4. The molecule has 2 aliphatic rings. The number of ether oxygens (including phenoxy) is 1. The number of nitrogens with zero attached hydrogens (tertiary/aromatic N) is 3. The maximum absolute atomic E-state index is 12.6. The van der Waals surface area contributed by atoms with Crippen LogP contribution in [0.3, 0.4) is 0 Å². The Morgan fingerprint density at radius 1 is 1.10 bits per heavy atom. The lowest BCUT2D eigenvalue weighted by Crippen LogP contribution is -2.45. The first kappa shape index (κ1) is 22.6. The summed E-state index contributed by atoms with van der Waals surface area (Å²) < 4.78 is 5.38. The standard InChI is InChI=1S/C23H37N5O2/c1-2-24-23(25-10-13-27-14-16-30-17-15-27)26-19-22(29)28-11-8-21(9-12-28)18-20-6-4-3-5-7-20/h3-7,21H,2,8-19H2,1H3,(H2,24,25,26).